The number of hydrogen-bond acceptors (Lipinski definition) is 3. The lowest BCUT2D eigenvalue weighted by molar-refractivity contribution is -0.142. The molecule has 1 saturated heterocycles. The molecule has 24 heavy (non-hydrogen) atoms. The van der Waals surface area contributed by atoms with Gasteiger partial charge in [0, 0.05) is 32.2 Å². The highest BCUT2D eigenvalue weighted by Gasteiger charge is 2.29. The van der Waals surface area contributed by atoms with Crippen LogP contribution in [0.1, 0.15) is 27.2 Å². The summed E-state index contributed by atoms with van der Waals surface area (Å²) in [6, 6.07) is 0.525. The quantitative estimate of drug-likeness (QED) is 0.535. The first-order chi connectivity index (χ1) is 11.3. The largest absolute Gasteiger partial charge is 0.401 e. The molecule has 142 valence electrons. The summed E-state index contributed by atoms with van der Waals surface area (Å²) in [6.07, 6.45) is -3.06. The van der Waals surface area contributed by atoms with E-state index in [2.05, 4.69) is 34.0 Å². The fourth-order valence-corrected chi connectivity index (χ4v) is 3.11. The summed E-state index contributed by atoms with van der Waals surface area (Å²) in [5.74, 6) is 0.813. The van der Waals surface area contributed by atoms with Crippen molar-refractivity contribution in [3.05, 3.63) is 0 Å². The molecule has 1 heterocycles. The fourth-order valence-electron chi connectivity index (χ4n) is 3.11. The van der Waals surface area contributed by atoms with Gasteiger partial charge in [-0.25, -0.2) is 0 Å². The molecule has 0 aromatic heterocycles. The lowest BCUT2D eigenvalue weighted by Crippen LogP contribution is -2.43. The van der Waals surface area contributed by atoms with Crippen LogP contribution in [0.4, 0.5) is 13.2 Å². The zero-order valence-corrected chi connectivity index (χ0v) is 15.4. The molecule has 0 aromatic carbocycles. The number of nitrogens with zero attached hydrogens (tertiary/aromatic N) is 4. The number of halogens is 3. The van der Waals surface area contributed by atoms with Crippen molar-refractivity contribution < 1.29 is 13.2 Å². The third-order valence-electron chi connectivity index (χ3n) is 4.32. The zero-order valence-electron chi connectivity index (χ0n) is 15.4. The normalized spacial score (nSPS) is 19.6. The van der Waals surface area contributed by atoms with Crippen LogP contribution >= 0.6 is 0 Å². The molecule has 0 saturated carbocycles. The van der Waals surface area contributed by atoms with Gasteiger partial charge in [-0.05, 0) is 33.5 Å². The highest BCUT2D eigenvalue weighted by Crippen LogP contribution is 2.16. The van der Waals surface area contributed by atoms with Crippen molar-refractivity contribution in [2.24, 2.45) is 4.99 Å². The Labute approximate surface area is 143 Å². The molecule has 0 aliphatic carbocycles. The standard InChI is InChI=1S/C16H32F3N5/c1-5-20-15(21-9-11-22(4)13-16(17,18)19)24-10-8-14(12-24)23(6-2)7-3/h14H,5-13H2,1-4H3,(H,20,21). The Morgan fingerprint density at radius 2 is 1.92 bits per heavy atom. The molecule has 0 radical (unpaired) electrons. The second kappa shape index (κ2) is 10.1. The number of guanidine groups is 1. The molecule has 1 N–H and O–H groups in total. The molecule has 1 fully saturated rings. The Morgan fingerprint density at radius 3 is 2.46 bits per heavy atom. The van der Waals surface area contributed by atoms with Crippen molar-refractivity contribution in [1.82, 2.24) is 20.0 Å². The maximum Gasteiger partial charge on any atom is 0.401 e. The van der Waals surface area contributed by atoms with Crippen LogP contribution in [0, 0.1) is 0 Å². The first-order valence-corrected chi connectivity index (χ1v) is 8.83. The summed E-state index contributed by atoms with van der Waals surface area (Å²) < 4.78 is 37.0. The third kappa shape index (κ3) is 7.25. The van der Waals surface area contributed by atoms with Gasteiger partial charge in [-0.1, -0.05) is 13.8 Å². The van der Waals surface area contributed by atoms with Crippen molar-refractivity contribution >= 4 is 5.96 Å². The summed E-state index contributed by atoms with van der Waals surface area (Å²) in [7, 11) is 1.47. The van der Waals surface area contributed by atoms with Crippen LogP contribution in [0.2, 0.25) is 0 Å². The van der Waals surface area contributed by atoms with E-state index >= 15 is 0 Å². The van der Waals surface area contributed by atoms with Crippen molar-refractivity contribution in [3.8, 4) is 0 Å². The monoisotopic (exact) mass is 351 g/mol. The minimum absolute atomic E-state index is 0.293. The van der Waals surface area contributed by atoms with Gasteiger partial charge in [0.25, 0.3) is 0 Å². The van der Waals surface area contributed by atoms with E-state index in [4.69, 9.17) is 0 Å². The summed E-state index contributed by atoms with van der Waals surface area (Å²) in [5, 5.41) is 3.26. The lowest BCUT2D eigenvalue weighted by Gasteiger charge is -2.27. The van der Waals surface area contributed by atoms with Gasteiger partial charge >= 0.3 is 6.18 Å². The van der Waals surface area contributed by atoms with Crippen LogP contribution in [0.3, 0.4) is 0 Å². The number of alkyl halides is 3. The van der Waals surface area contributed by atoms with Gasteiger partial charge < -0.3 is 10.2 Å². The predicted octanol–water partition coefficient (Wildman–Crippen LogP) is 1.86. The molecule has 1 aliphatic rings. The average molecular weight is 351 g/mol. The molecule has 1 rings (SSSR count). The Bertz CT molecular complexity index is 382. The van der Waals surface area contributed by atoms with E-state index in [1.807, 2.05) is 6.92 Å². The van der Waals surface area contributed by atoms with Crippen molar-refractivity contribution in [3.63, 3.8) is 0 Å². The van der Waals surface area contributed by atoms with Crippen molar-refractivity contribution in [2.75, 3.05) is 59.4 Å². The van der Waals surface area contributed by atoms with E-state index in [0.29, 0.717) is 19.1 Å². The van der Waals surface area contributed by atoms with E-state index in [1.165, 1.54) is 11.9 Å². The molecule has 1 aliphatic heterocycles. The van der Waals surface area contributed by atoms with E-state index in [-0.39, 0.29) is 0 Å². The van der Waals surface area contributed by atoms with Gasteiger partial charge in [-0.2, -0.15) is 13.2 Å². The van der Waals surface area contributed by atoms with Gasteiger partial charge in [0.05, 0.1) is 13.1 Å². The number of likely N-dealkylation sites (N-methyl/N-ethyl adjacent to an activating group) is 2. The average Bonchev–Trinajstić information content (AvgIpc) is 2.95. The lowest BCUT2D eigenvalue weighted by atomic mass is 10.2. The van der Waals surface area contributed by atoms with Gasteiger partial charge in [0.1, 0.15) is 0 Å². The first-order valence-electron chi connectivity index (χ1n) is 8.83. The topological polar surface area (TPSA) is 34.1 Å². The van der Waals surface area contributed by atoms with Crippen molar-refractivity contribution in [1.29, 1.82) is 0 Å². The molecule has 0 spiro atoms. The summed E-state index contributed by atoms with van der Waals surface area (Å²) in [4.78, 5) is 10.4. The smallest absolute Gasteiger partial charge is 0.357 e. The SMILES string of the molecule is CCNC(=NCCN(C)CC(F)(F)F)N1CCC(N(CC)CC)C1. The Balaban J connectivity index is 2.54. The maximum atomic E-state index is 12.3. The summed E-state index contributed by atoms with van der Waals surface area (Å²) in [6.45, 7) is 10.8. The molecule has 0 bridgehead atoms. The van der Waals surface area contributed by atoms with E-state index in [1.54, 1.807) is 0 Å². The molecular weight excluding hydrogens is 319 g/mol. The summed E-state index contributed by atoms with van der Waals surface area (Å²) in [5.41, 5.74) is 0. The van der Waals surface area contributed by atoms with E-state index in [0.717, 1.165) is 45.1 Å². The number of nitrogens with one attached hydrogen (secondary N) is 1. The van der Waals surface area contributed by atoms with Crippen LogP contribution in [-0.4, -0.2) is 92.3 Å². The third-order valence-corrected chi connectivity index (χ3v) is 4.32. The number of likely N-dealkylation sites (tertiary alicyclic amines) is 1. The number of hydrogen-bond donors (Lipinski definition) is 1. The highest BCUT2D eigenvalue weighted by atomic mass is 19.4. The van der Waals surface area contributed by atoms with Crippen LogP contribution in [0.5, 0.6) is 0 Å². The second-order valence-electron chi connectivity index (χ2n) is 6.20. The Kier molecular flexibility index (Phi) is 8.83. The van der Waals surface area contributed by atoms with Gasteiger partial charge in [-0.15, -0.1) is 0 Å². The minimum atomic E-state index is -4.16. The van der Waals surface area contributed by atoms with Crippen LogP contribution in [0.25, 0.3) is 0 Å². The summed E-state index contributed by atoms with van der Waals surface area (Å²) >= 11 is 0. The van der Waals surface area contributed by atoms with Gasteiger partial charge in [0.15, 0.2) is 5.96 Å². The van der Waals surface area contributed by atoms with Crippen molar-refractivity contribution in [2.45, 2.75) is 39.4 Å². The molecular formula is C16H32F3N5. The second-order valence-corrected chi connectivity index (χ2v) is 6.20. The molecule has 8 heteroatoms. The zero-order chi connectivity index (χ0) is 18.2. The molecule has 1 atom stereocenters. The van der Waals surface area contributed by atoms with Crippen LogP contribution in [-0.2, 0) is 0 Å². The first kappa shape index (κ1) is 21.0. The fraction of sp³-hybridized carbons (Fsp3) is 0.938. The molecule has 5 nitrogen and oxygen atoms in total. The van der Waals surface area contributed by atoms with E-state index in [9.17, 15) is 13.2 Å². The minimum Gasteiger partial charge on any atom is -0.357 e. The highest BCUT2D eigenvalue weighted by molar-refractivity contribution is 5.80. The van der Waals surface area contributed by atoms with Gasteiger partial charge in [-0.3, -0.25) is 14.8 Å². The number of rotatable bonds is 8. The molecule has 0 aromatic rings. The van der Waals surface area contributed by atoms with Crippen LogP contribution in [0.15, 0.2) is 4.99 Å². The number of aliphatic imine (C=N–C) groups is 1. The van der Waals surface area contributed by atoms with Gasteiger partial charge in [0.2, 0.25) is 0 Å². The van der Waals surface area contributed by atoms with Crippen LogP contribution < -0.4 is 5.32 Å². The molecule has 1 unspecified atom stereocenters. The Morgan fingerprint density at radius 1 is 1.25 bits per heavy atom. The maximum absolute atomic E-state index is 12.3. The molecule has 0 amide bonds. The predicted molar refractivity (Wildman–Crippen MR) is 92.4 cm³/mol. The Hall–Kier alpha value is -1.02. The van der Waals surface area contributed by atoms with E-state index < -0.39 is 12.7 Å².